The Labute approximate surface area is 111 Å². The maximum atomic E-state index is 11.8. The highest BCUT2D eigenvalue weighted by Crippen LogP contribution is 2.11. The van der Waals surface area contributed by atoms with Crippen LogP contribution in [0.3, 0.4) is 0 Å². The summed E-state index contributed by atoms with van der Waals surface area (Å²) >= 11 is 0. The fraction of sp³-hybridized carbons (Fsp3) is 0.923. The Morgan fingerprint density at radius 1 is 1.17 bits per heavy atom. The molecule has 106 valence electrons. The molecule has 5 heteroatoms. The molecule has 0 saturated carbocycles. The van der Waals surface area contributed by atoms with Crippen molar-refractivity contribution >= 4 is 5.91 Å². The quantitative estimate of drug-likeness (QED) is 0.741. The van der Waals surface area contributed by atoms with Crippen molar-refractivity contribution in [3.8, 4) is 0 Å². The largest absolute Gasteiger partial charge is 0.349 e. The smallest absolute Gasteiger partial charge is 0.223 e. The van der Waals surface area contributed by atoms with E-state index in [0.717, 1.165) is 26.2 Å². The second-order valence-corrected chi connectivity index (χ2v) is 5.55. The Kier molecular flexibility index (Phi) is 6.05. The molecule has 1 rings (SSSR count). The van der Waals surface area contributed by atoms with E-state index in [-0.39, 0.29) is 11.9 Å². The molecule has 0 aromatic rings. The summed E-state index contributed by atoms with van der Waals surface area (Å²) in [7, 11) is 3.60. The number of hydrogen-bond acceptors (Lipinski definition) is 4. The minimum Gasteiger partial charge on any atom is -0.349 e. The van der Waals surface area contributed by atoms with Crippen LogP contribution in [-0.4, -0.2) is 79.5 Å². The van der Waals surface area contributed by atoms with Gasteiger partial charge in [-0.05, 0) is 13.8 Å². The summed E-state index contributed by atoms with van der Waals surface area (Å²) in [4.78, 5) is 18.2. The molecule has 0 aromatic heterocycles. The van der Waals surface area contributed by atoms with Crippen molar-refractivity contribution in [3.05, 3.63) is 0 Å². The molecule has 0 radical (unpaired) electrons. The molecule has 0 bridgehead atoms. The minimum atomic E-state index is 0.164. The van der Waals surface area contributed by atoms with Gasteiger partial charge in [-0.2, -0.15) is 0 Å². The van der Waals surface area contributed by atoms with Crippen LogP contribution < -0.4 is 5.73 Å². The zero-order valence-corrected chi connectivity index (χ0v) is 12.2. The van der Waals surface area contributed by atoms with Crippen LogP contribution in [0.1, 0.15) is 20.3 Å². The zero-order valence-electron chi connectivity index (χ0n) is 12.2. The molecule has 1 unspecified atom stereocenters. The normalized spacial score (nSPS) is 20.1. The minimum absolute atomic E-state index is 0.164. The Morgan fingerprint density at radius 3 is 2.06 bits per heavy atom. The van der Waals surface area contributed by atoms with Gasteiger partial charge in [0.25, 0.3) is 0 Å². The van der Waals surface area contributed by atoms with E-state index in [2.05, 4.69) is 23.6 Å². The molecule has 1 aliphatic heterocycles. The lowest BCUT2D eigenvalue weighted by Crippen LogP contribution is -2.54. The van der Waals surface area contributed by atoms with Gasteiger partial charge in [0, 0.05) is 65.3 Å². The van der Waals surface area contributed by atoms with Gasteiger partial charge in [-0.1, -0.05) is 0 Å². The van der Waals surface area contributed by atoms with Gasteiger partial charge in [-0.25, -0.2) is 0 Å². The predicted octanol–water partition coefficient (Wildman–Crippen LogP) is -0.182. The van der Waals surface area contributed by atoms with Gasteiger partial charge >= 0.3 is 0 Å². The first-order valence-electron chi connectivity index (χ1n) is 6.84. The van der Waals surface area contributed by atoms with Gasteiger partial charge in [0.1, 0.15) is 0 Å². The summed E-state index contributed by atoms with van der Waals surface area (Å²) in [5, 5.41) is 0. The van der Waals surface area contributed by atoms with Gasteiger partial charge in [-0.15, -0.1) is 0 Å². The fourth-order valence-corrected chi connectivity index (χ4v) is 2.36. The number of carbonyl (C=O) groups is 1. The van der Waals surface area contributed by atoms with Crippen LogP contribution >= 0.6 is 0 Å². The molecule has 1 amide bonds. The monoisotopic (exact) mass is 256 g/mol. The third-order valence-electron chi connectivity index (χ3n) is 3.78. The molecular weight excluding hydrogens is 228 g/mol. The summed E-state index contributed by atoms with van der Waals surface area (Å²) in [5.74, 6) is 0.164. The summed E-state index contributed by atoms with van der Waals surface area (Å²) in [6.07, 6.45) is 0.533. The van der Waals surface area contributed by atoms with E-state index in [1.54, 1.807) is 19.0 Å². The molecule has 1 saturated heterocycles. The van der Waals surface area contributed by atoms with E-state index in [9.17, 15) is 4.79 Å². The lowest BCUT2D eigenvalue weighted by atomic mass is 10.1. The van der Waals surface area contributed by atoms with Crippen molar-refractivity contribution in [3.63, 3.8) is 0 Å². The van der Waals surface area contributed by atoms with Gasteiger partial charge in [-0.3, -0.25) is 14.6 Å². The maximum absolute atomic E-state index is 11.8. The second kappa shape index (κ2) is 7.07. The number of rotatable bonds is 5. The van der Waals surface area contributed by atoms with E-state index in [1.165, 1.54) is 0 Å². The third kappa shape index (κ3) is 4.23. The number of hydrogen-bond donors (Lipinski definition) is 1. The van der Waals surface area contributed by atoms with Crippen LogP contribution in [0.2, 0.25) is 0 Å². The van der Waals surface area contributed by atoms with Crippen LogP contribution in [0.5, 0.6) is 0 Å². The third-order valence-corrected chi connectivity index (χ3v) is 3.78. The Hall–Kier alpha value is -0.650. The van der Waals surface area contributed by atoms with Crippen molar-refractivity contribution in [2.45, 2.75) is 32.4 Å². The lowest BCUT2D eigenvalue weighted by Gasteiger charge is -2.40. The number of nitrogens with two attached hydrogens (primary N) is 1. The summed E-state index contributed by atoms with van der Waals surface area (Å²) in [6.45, 7) is 9.19. The highest BCUT2D eigenvalue weighted by Gasteiger charge is 2.25. The molecule has 0 spiro atoms. The molecular formula is C13H28N4O. The van der Waals surface area contributed by atoms with E-state index < -0.39 is 0 Å². The number of amides is 1. The molecule has 1 fully saturated rings. The van der Waals surface area contributed by atoms with Crippen molar-refractivity contribution in [1.29, 1.82) is 0 Å². The van der Waals surface area contributed by atoms with Crippen molar-refractivity contribution in [2.24, 2.45) is 5.73 Å². The maximum Gasteiger partial charge on any atom is 0.223 e. The highest BCUT2D eigenvalue weighted by molar-refractivity contribution is 5.76. The van der Waals surface area contributed by atoms with E-state index in [0.29, 0.717) is 19.0 Å². The molecule has 18 heavy (non-hydrogen) atoms. The lowest BCUT2D eigenvalue weighted by molar-refractivity contribution is -0.130. The topological polar surface area (TPSA) is 52.8 Å². The molecule has 0 aliphatic carbocycles. The van der Waals surface area contributed by atoms with E-state index in [4.69, 9.17) is 5.73 Å². The van der Waals surface area contributed by atoms with E-state index in [1.807, 2.05) is 0 Å². The molecule has 1 heterocycles. The van der Waals surface area contributed by atoms with Crippen molar-refractivity contribution in [2.75, 3.05) is 46.8 Å². The van der Waals surface area contributed by atoms with E-state index >= 15 is 0 Å². The van der Waals surface area contributed by atoms with Crippen LogP contribution in [0.4, 0.5) is 0 Å². The number of nitrogens with zero attached hydrogens (tertiary/aromatic N) is 3. The first-order chi connectivity index (χ1) is 8.45. The predicted molar refractivity (Wildman–Crippen MR) is 74.4 cm³/mol. The Bertz CT molecular complexity index is 260. The molecule has 1 aliphatic rings. The number of carbonyl (C=O) groups excluding carboxylic acids is 1. The Balaban J connectivity index is 2.45. The number of piperazine rings is 1. The fourth-order valence-electron chi connectivity index (χ4n) is 2.36. The average molecular weight is 256 g/mol. The van der Waals surface area contributed by atoms with Gasteiger partial charge in [0.2, 0.25) is 5.91 Å². The van der Waals surface area contributed by atoms with Crippen molar-refractivity contribution in [1.82, 2.24) is 14.7 Å². The SMILES string of the molecule is CC(C)N1CCN(C(CN)CC(=O)N(C)C)CC1. The average Bonchev–Trinajstić information content (AvgIpc) is 2.35. The van der Waals surface area contributed by atoms with Crippen LogP contribution in [0, 0.1) is 0 Å². The van der Waals surface area contributed by atoms with Crippen LogP contribution in [0.15, 0.2) is 0 Å². The van der Waals surface area contributed by atoms with Crippen molar-refractivity contribution < 1.29 is 4.79 Å². The first-order valence-corrected chi connectivity index (χ1v) is 6.84. The first kappa shape index (κ1) is 15.4. The van der Waals surface area contributed by atoms with Gasteiger partial charge in [0.15, 0.2) is 0 Å². The molecule has 0 aromatic carbocycles. The van der Waals surface area contributed by atoms with Crippen LogP contribution in [0.25, 0.3) is 0 Å². The highest BCUT2D eigenvalue weighted by atomic mass is 16.2. The molecule has 1 atom stereocenters. The standard InChI is InChI=1S/C13H28N4O/c1-11(2)16-5-7-17(8-6-16)12(10-14)9-13(18)15(3)4/h11-12H,5-10,14H2,1-4H3. The zero-order chi connectivity index (χ0) is 13.7. The van der Waals surface area contributed by atoms with Gasteiger partial charge in [0.05, 0.1) is 0 Å². The summed E-state index contributed by atoms with van der Waals surface area (Å²) < 4.78 is 0. The summed E-state index contributed by atoms with van der Waals surface area (Å²) in [5.41, 5.74) is 5.82. The van der Waals surface area contributed by atoms with Crippen LogP contribution in [-0.2, 0) is 4.79 Å². The molecule has 2 N–H and O–H groups in total. The van der Waals surface area contributed by atoms with Gasteiger partial charge < -0.3 is 10.6 Å². The molecule has 5 nitrogen and oxygen atoms in total. The summed E-state index contributed by atoms with van der Waals surface area (Å²) in [6, 6.07) is 0.793. The Morgan fingerprint density at radius 2 is 1.67 bits per heavy atom. The second-order valence-electron chi connectivity index (χ2n) is 5.55.